The van der Waals surface area contributed by atoms with E-state index in [0.717, 1.165) is 38.4 Å². The SMILES string of the molecule is Cc1c(N2CCCCC2)cc(F)c(F)c1F.Cl. The number of nitrogens with zero attached hydrogens (tertiary/aromatic N) is 1. The first-order chi connectivity index (χ1) is 7.61. The van der Waals surface area contributed by atoms with Gasteiger partial charge in [0.15, 0.2) is 17.5 Å². The van der Waals surface area contributed by atoms with E-state index in [2.05, 4.69) is 0 Å². The lowest BCUT2D eigenvalue weighted by atomic mass is 10.1. The van der Waals surface area contributed by atoms with Crippen molar-refractivity contribution in [3.05, 3.63) is 29.1 Å². The fourth-order valence-corrected chi connectivity index (χ4v) is 2.14. The van der Waals surface area contributed by atoms with Crippen molar-refractivity contribution in [1.29, 1.82) is 0 Å². The largest absolute Gasteiger partial charge is 0.371 e. The smallest absolute Gasteiger partial charge is 0.194 e. The third-order valence-corrected chi connectivity index (χ3v) is 3.08. The van der Waals surface area contributed by atoms with Gasteiger partial charge in [-0.3, -0.25) is 0 Å². The van der Waals surface area contributed by atoms with Gasteiger partial charge in [0.05, 0.1) is 0 Å². The first-order valence-corrected chi connectivity index (χ1v) is 5.50. The van der Waals surface area contributed by atoms with Crippen molar-refractivity contribution in [3.63, 3.8) is 0 Å². The predicted octanol–water partition coefficient (Wildman–Crippen LogP) is 3.82. The summed E-state index contributed by atoms with van der Waals surface area (Å²) in [6.07, 6.45) is 3.17. The minimum Gasteiger partial charge on any atom is -0.371 e. The van der Waals surface area contributed by atoms with Crippen LogP contribution in [-0.2, 0) is 0 Å². The van der Waals surface area contributed by atoms with E-state index in [1.165, 1.54) is 6.92 Å². The first-order valence-electron chi connectivity index (χ1n) is 5.50. The third kappa shape index (κ3) is 2.68. The summed E-state index contributed by atoms with van der Waals surface area (Å²) in [6, 6.07) is 1.10. The Bertz CT molecular complexity index is 403. The summed E-state index contributed by atoms with van der Waals surface area (Å²) in [4.78, 5) is 1.92. The topological polar surface area (TPSA) is 3.24 Å². The van der Waals surface area contributed by atoms with Gasteiger partial charge in [-0.1, -0.05) is 0 Å². The average Bonchev–Trinajstić information content (AvgIpc) is 2.32. The molecule has 0 atom stereocenters. The molecule has 17 heavy (non-hydrogen) atoms. The molecule has 0 unspecified atom stereocenters. The summed E-state index contributed by atoms with van der Waals surface area (Å²) in [5.41, 5.74) is 0.678. The maximum atomic E-state index is 13.4. The lowest BCUT2D eigenvalue weighted by Crippen LogP contribution is -2.30. The van der Waals surface area contributed by atoms with Gasteiger partial charge < -0.3 is 4.90 Å². The van der Waals surface area contributed by atoms with E-state index in [4.69, 9.17) is 0 Å². The van der Waals surface area contributed by atoms with E-state index in [-0.39, 0.29) is 18.0 Å². The zero-order valence-electron chi connectivity index (χ0n) is 9.60. The van der Waals surface area contributed by atoms with Crippen LogP contribution in [-0.4, -0.2) is 13.1 Å². The van der Waals surface area contributed by atoms with Crippen LogP contribution in [0.5, 0.6) is 0 Å². The molecule has 1 aliphatic heterocycles. The maximum absolute atomic E-state index is 13.4. The molecule has 1 saturated heterocycles. The molecule has 0 aromatic heterocycles. The Morgan fingerprint density at radius 2 is 1.59 bits per heavy atom. The number of piperidine rings is 1. The molecule has 1 aromatic carbocycles. The highest BCUT2D eigenvalue weighted by Gasteiger charge is 2.20. The van der Waals surface area contributed by atoms with Crippen LogP contribution in [0.3, 0.4) is 0 Å². The molecular weight excluding hydrogens is 251 g/mol. The molecular formula is C12H15ClF3N. The Balaban J connectivity index is 0.00000144. The van der Waals surface area contributed by atoms with Crippen LogP contribution in [0.4, 0.5) is 18.9 Å². The molecule has 1 nitrogen and oxygen atoms in total. The number of anilines is 1. The van der Waals surface area contributed by atoms with Gasteiger partial charge in [-0.2, -0.15) is 0 Å². The van der Waals surface area contributed by atoms with E-state index in [0.29, 0.717) is 5.69 Å². The van der Waals surface area contributed by atoms with Gasteiger partial charge in [0.1, 0.15) is 0 Å². The summed E-state index contributed by atoms with van der Waals surface area (Å²) in [7, 11) is 0. The Kier molecular flexibility index (Phi) is 4.69. The molecule has 5 heteroatoms. The van der Waals surface area contributed by atoms with Crippen LogP contribution in [0.25, 0.3) is 0 Å². The minimum absolute atomic E-state index is 0. The quantitative estimate of drug-likeness (QED) is 0.698. The van der Waals surface area contributed by atoms with Crippen LogP contribution in [0.1, 0.15) is 24.8 Å². The highest BCUT2D eigenvalue weighted by Crippen LogP contribution is 2.28. The van der Waals surface area contributed by atoms with Crippen molar-refractivity contribution >= 4 is 18.1 Å². The molecule has 0 amide bonds. The molecule has 0 saturated carbocycles. The fourth-order valence-electron chi connectivity index (χ4n) is 2.14. The van der Waals surface area contributed by atoms with Crippen LogP contribution in [0, 0.1) is 24.4 Å². The van der Waals surface area contributed by atoms with Crippen LogP contribution >= 0.6 is 12.4 Å². The van der Waals surface area contributed by atoms with Gasteiger partial charge in [0.25, 0.3) is 0 Å². The summed E-state index contributed by atoms with van der Waals surface area (Å²) in [5.74, 6) is -3.55. The lowest BCUT2D eigenvalue weighted by Gasteiger charge is -2.30. The highest BCUT2D eigenvalue weighted by molar-refractivity contribution is 5.85. The monoisotopic (exact) mass is 265 g/mol. The number of hydrogen-bond donors (Lipinski definition) is 0. The maximum Gasteiger partial charge on any atom is 0.194 e. The average molecular weight is 266 g/mol. The van der Waals surface area contributed by atoms with Crippen molar-refractivity contribution in [2.45, 2.75) is 26.2 Å². The van der Waals surface area contributed by atoms with Gasteiger partial charge in [-0.15, -0.1) is 12.4 Å². The second-order valence-corrected chi connectivity index (χ2v) is 4.18. The molecule has 1 aliphatic rings. The number of halogens is 4. The molecule has 0 spiro atoms. The summed E-state index contributed by atoms with van der Waals surface area (Å²) < 4.78 is 39.5. The van der Waals surface area contributed by atoms with E-state index < -0.39 is 17.5 Å². The van der Waals surface area contributed by atoms with E-state index >= 15 is 0 Å². The van der Waals surface area contributed by atoms with Crippen LogP contribution in [0.2, 0.25) is 0 Å². The van der Waals surface area contributed by atoms with Crippen molar-refractivity contribution in [2.24, 2.45) is 0 Å². The molecule has 0 aliphatic carbocycles. The molecule has 1 aromatic rings. The van der Waals surface area contributed by atoms with Crippen molar-refractivity contribution < 1.29 is 13.2 Å². The second-order valence-electron chi connectivity index (χ2n) is 4.18. The standard InChI is InChI=1S/C12H14F3N.ClH/c1-8-10(16-5-3-2-4-6-16)7-9(13)12(15)11(8)14;/h7H,2-6H2,1H3;1H. The Morgan fingerprint density at radius 1 is 1.00 bits per heavy atom. The zero-order chi connectivity index (χ0) is 11.7. The second kappa shape index (κ2) is 5.63. The molecule has 1 fully saturated rings. The van der Waals surface area contributed by atoms with E-state index in [9.17, 15) is 13.2 Å². The Morgan fingerprint density at radius 3 is 2.18 bits per heavy atom. The van der Waals surface area contributed by atoms with Crippen LogP contribution in [0.15, 0.2) is 6.07 Å². The molecule has 0 radical (unpaired) electrons. The number of hydrogen-bond acceptors (Lipinski definition) is 1. The summed E-state index contributed by atoms with van der Waals surface area (Å²) in [6.45, 7) is 3.05. The van der Waals surface area contributed by atoms with Crippen LogP contribution < -0.4 is 4.90 Å². The molecule has 0 bridgehead atoms. The number of benzene rings is 1. The molecule has 0 N–H and O–H groups in total. The minimum atomic E-state index is -1.38. The third-order valence-electron chi connectivity index (χ3n) is 3.08. The van der Waals surface area contributed by atoms with Gasteiger partial charge in [0.2, 0.25) is 0 Å². The highest BCUT2D eigenvalue weighted by atomic mass is 35.5. The first kappa shape index (κ1) is 14.2. The number of rotatable bonds is 1. The van der Waals surface area contributed by atoms with Gasteiger partial charge >= 0.3 is 0 Å². The summed E-state index contributed by atoms with van der Waals surface area (Å²) >= 11 is 0. The van der Waals surface area contributed by atoms with Gasteiger partial charge in [-0.25, -0.2) is 13.2 Å². The van der Waals surface area contributed by atoms with Gasteiger partial charge in [-0.05, 0) is 26.2 Å². The Hall–Kier alpha value is -0.900. The van der Waals surface area contributed by atoms with E-state index in [1.54, 1.807) is 0 Å². The lowest BCUT2D eigenvalue weighted by molar-refractivity contribution is 0.442. The molecule has 96 valence electrons. The predicted molar refractivity (Wildman–Crippen MR) is 64.4 cm³/mol. The van der Waals surface area contributed by atoms with E-state index in [1.807, 2.05) is 4.90 Å². The Labute approximate surface area is 105 Å². The van der Waals surface area contributed by atoms with Gasteiger partial charge in [0, 0.05) is 30.4 Å². The molecule has 1 heterocycles. The van der Waals surface area contributed by atoms with Crippen molar-refractivity contribution in [3.8, 4) is 0 Å². The van der Waals surface area contributed by atoms with Crippen molar-refractivity contribution in [2.75, 3.05) is 18.0 Å². The normalized spacial score (nSPS) is 15.6. The summed E-state index contributed by atoms with van der Waals surface area (Å²) in [5, 5.41) is 0. The fraction of sp³-hybridized carbons (Fsp3) is 0.500. The van der Waals surface area contributed by atoms with Crippen molar-refractivity contribution in [1.82, 2.24) is 0 Å². The zero-order valence-corrected chi connectivity index (χ0v) is 10.4. The molecule has 2 rings (SSSR count).